The van der Waals surface area contributed by atoms with Gasteiger partial charge in [0.1, 0.15) is 0 Å². The molecule has 2 aromatic rings. The van der Waals surface area contributed by atoms with Crippen LogP contribution in [0.25, 0.3) is 0 Å². The smallest absolute Gasteiger partial charge is 0.0961 e. The maximum atomic E-state index is 6.43. The highest BCUT2D eigenvalue weighted by molar-refractivity contribution is 7.16. The fourth-order valence-electron chi connectivity index (χ4n) is 2.14. The fraction of sp³-hybridized carbons (Fsp3) is 0.375. The predicted octanol–water partition coefficient (Wildman–Crippen LogP) is 5.76. The summed E-state index contributed by atoms with van der Waals surface area (Å²) in [5.41, 5.74) is 3.41. The van der Waals surface area contributed by atoms with E-state index in [0.29, 0.717) is 0 Å². The first-order chi connectivity index (χ1) is 9.52. The summed E-state index contributed by atoms with van der Waals surface area (Å²) in [7, 11) is 0. The van der Waals surface area contributed by atoms with Crippen LogP contribution in [0.3, 0.4) is 0 Å². The number of benzene rings is 1. The van der Waals surface area contributed by atoms with E-state index in [4.69, 9.17) is 23.2 Å². The van der Waals surface area contributed by atoms with Crippen molar-refractivity contribution >= 4 is 34.5 Å². The molecule has 1 unspecified atom stereocenters. The highest BCUT2D eigenvalue weighted by Crippen LogP contribution is 2.36. The van der Waals surface area contributed by atoms with Gasteiger partial charge in [0, 0.05) is 9.90 Å². The second kappa shape index (κ2) is 6.95. The minimum Gasteiger partial charge on any atom is -0.306 e. The molecule has 0 aliphatic rings. The second-order valence-corrected chi connectivity index (χ2v) is 7.11. The molecule has 1 atom stereocenters. The molecule has 1 aromatic heterocycles. The third kappa shape index (κ3) is 3.56. The number of rotatable bonds is 5. The van der Waals surface area contributed by atoms with E-state index in [1.54, 1.807) is 11.3 Å². The van der Waals surface area contributed by atoms with Crippen LogP contribution < -0.4 is 5.32 Å². The van der Waals surface area contributed by atoms with Crippen LogP contribution in [0.4, 0.5) is 0 Å². The van der Waals surface area contributed by atoms with E-state index < -0.39 is 0 Å². The van der Waals surface area contributed by atoms with Gasteiger partial charge in [0.05, 0.1) is 10.4 Å². The molecular formula is C16H19Cl2NS. The van der Waals surface area contributed by atoms with Crippen LogP contribution in [-0.4, -0.2) is 6.54 Å². The number of aryl methyl sites for hydroxylation is 2. The Bertz CT molecular complexity index is 573. The van der Waals surface area contributed by atoms with Crippen molar-refractivity contribution in [2.24, 2.45) is 0 Å². The van der Waals surface area contributed by atoms with Gasteiger partial charge in [-0.15, -0.1) is 11.3 Å². The molecule has 1 heterocycles. The van der Waals surface area contributed by atoms with Gasteiger partial charge in [-0.2, -0.15) is 0 Å². The van der Waals surface area contributed by atoms with Crippen LogP contribution in [0, 0.1) is 13.8 Å². The fourth-order valence-corrected chi connectivity index (χ4v) is 3.80. The molecule has 0 radical (unpaired) electrons. The number of hydrogen-bond acceptors (Lipinski definition) is 2. The minimum absolute atomic E-state index is 0.110. The van der Waals surface area contributed by atoms with Crippen LogP contribution >= 0.6 is 34.5 Å². The van der Waals surface area contributed by atoms with Crippen molar-refractivity contribution in [3.63, 3.8) is 0 Å². The molecule has 108 valence electrons. The van der Waals surface area contributed by atoms with E-state index in [1.165, 1.54) is 10.4 Å². The third-order valence-electron chi connectivity index (χ3n) is 3.23. The Hall–Kier alpha value is -0.540. The molecule has 0 saturated heterocycles. The predicted molar refractivity (Wildman–Crippen MR) is 90.4 cm³/mol. The molecule has 0 spiro atoms. The van der Waals surface area contributed by atoms with Crippen molar-refractivity contribution in [3.05, 3.63) is 55.2 Å². The van der Waals surface area contributed by atoms with E-state index in [2.05, 4.69) is 37.4 Å². The number of hydrogen-bond donors (Lipinski definition) is 1. The van der Waals surface area contributed by atoms with Gasteiger partial charge < -0.3 is 5.32 Å². The SMILES string of the molecule is CCCNC(c1cc(C)c(Cl)s1)c1ccc(C)cc1Cl. The van der Waals surface area contributed by atoms with Crippen molar-refractivity contribution in [2.75, 3.05) is 6.54 Å². The first kappa shape index (κ1) is 15.8. The van der Waals surface area contributed by atoms with E-state index in [9.17, 15) is 0 Å². The Kier molecular flexibility index (Phi) is 5.50. The van der Waals surface area contributed by atoms with Gasteiger partial charge in [0.15, 0.2) is 0 Å². The molecule has 1 N–H and O–H groups in total. The first-order valence-corrected chi connectivity index (χ1v) is 8.35. The average Bonchev–Trinajstić information content (AvgIpc) is 2.72. The highest BCUT2D eigenvalue weighted by atomic mass is 35.5. The molecule has 2 rings (SSSR count). The van der Waals surface area contributed by atoms with Crippen LogP contribution in [0.15, 0.2) is 24.3 Å². The summed E-state index contributed by atoms with van der Waals surface area (Å²) in [5.74, 6) is 0. The Balaban J connectivity index is 2.41. The van der Waals surface area contributed by atoms with Crippen molar-refractivity contribution in [1.29, 1.82) is 0 Å². The second-order valence-electron chi connectivity index (χ2n) is 5.02. The number of thiophene rings is 1. The van der Waals surface area contributed by atoms with E-state index in [0.717, 1.165) is 33.5 Å². The first-order valence-electron chi connectivity index (χ1n) is 6.78. The summed E-state index contributed by atoms with van der Waals surface area (Å²) in [6.07, 6.45) is 1.08. The molecule has 1 aromatic carbocycles. The van der Waals surface area contributed by atoms with Crippen molar-refractivity contribution in [1.82, 2.24) is 5.32 Å². The molecule has 20 heavy (non-hydrogen) atoms. The summed E-state index contributed by atoms with van der Waals surface area (Å²) < 4.78 is 0.853. The maximum Gasteiger partial charge on any atom is 0.0961 e. The Morgan fingerprint density at radius 2 is 1.95 bits per heavy atom. The Morgan fingerprint density at radius 1 is 1.20 bits per heavy atom. The van der Waals surface area contributed by atoms with Crippen molar-refractivity contribution in [2.45, 2.75) is 33.2 Å². The zero-order valence-electron chi connectivity index (χ0n) is 12.0. The molecule has 0 aliphatic heterocycles. The summed E-state index contributed by atoms with van der Waals surface area (Å²) in [6.45, 7) is 7.20. The average molecular weight is 328 g/mol. The Labute approximate surface area is 134 Å². The minimum atomic E-state index is 0.110. The molecule has 0 fully saturated rings. The van der Waals surface area contributed by atoms with E-state index in [1.807, 2.05) is 13.0 Å². The van der Waals surface area contributed by atoms with Crippen molar-refractivity contribution < 1.29 is 0 Å². The number of nitrogens with one attached hydrogen (secondary N) is 1. The molecule has 1 nitrogen and oxygen atoms in total. The van der Waals surface area contributed by atoms with Crippen LogP contribution in [0.5, 0.6) is 0 Å². The lowest BCUT2D eigenvalue weighted by molar-refractivity contribution is 0.606. The van der Waals surface area contributed by atoms with Crippen molar-refractivity contribution in [3.8, 4) is 0 Å². The maximum absolute atomic E-state index is 6.43. The van der Waals surface area contributed by atoms with Gasteiger partial charge in [-0.1, -0.05) is 42.3 Å². The molecular weight excluding hydrogens is 309 g/mol. The summed E-state index contributed by atoms with van der Waals surface area (Å²) in [4.78, 5) is 1.21. The van der Waals surface area contributed by atoms with Crippen LogP contribution in [-0.2, 0) is 0 Å². The topological polar surface area (TPSA) is 12.0 Å². The molecule has 0 aliphatic carbocycles. The molecule has 0 amide bonds. The molecule has 0 bridgehead atoms. The lowest BCUT2D eigenvalue weighted by atomic mass is 10.0. The normalized spacial score (nSPS) is 12.7. The highest BCUT2D eigenvalue weighted by Gasteiger charge is 2.19. The summed E-state index contributed by atoms with van der Waals surface area (Å²) in [5, 5.41) is 4.38. The zero-order valence-corrected chi connectivity index (χ0v) is 14.3. The molecule has 4 heteroatoms. The van der Waals surface area contributed by atoms with Gasteiger partial charge in [0.2, 0.25) is 0 Å². The Morgan fingerprint density at radius 3 is 2.50 bits per heavy atom. The quantitative estimate of drug-likeness (QED) is 0.736. The zero-order chi connectivity index (χ0) is 14.7. The van der Waals surface area contributed by atoms with Gasteiger partial charge >= 0.3 is 0 Å². The largest absolute Gasteiger partial charge is 0.306 e. The summed E-state index contributed by atoms with van der Waals surface area (Å²) in [6, 6.07) is 8.48. The van der Waals surface area contributed by atoms with E-state index in [-0.39, 0.29) is 6.04 Å². The lowest BCUT2D eigenvalue weighted by Gasteiger charge is -2.19. The monoisotopic (exact) mass is 327 g/mol. The van der Waals surface area contributed by atoms with Crippen LogP contribution in [0.2, 0.25) is 9.36 Å². The lowest BCUT2D eigenvalue weighted by Crippen LogP contribution is -2.22. The molecule has 0 saturated carbocycles. The third-order valence-corrected chi connectivity index (χ3v) is 5.17. The van der Waals surface area contributed by atoms with Gasteiger partial charge in [0.25, 0.3) is 0 Å². The van der Waals surface area contributed by atoms with E-state index >= 15 is 0 Å². The van der Waals surface area contributed by atoms with Gasteiger partial charge in [-0.05, 0) is 55.6 Å². The number of halogens is 2. The standard InChI is InChI=1S/C16H19Cl2NS/c1-4-7-19-15(14-9-11(3)16(18)20-14)12-6-5-10(2)8-13(12)17/h5-6,8-9,15,19H,4,7H2,1-3H3. The van der Waals surface area contributed by atoms with Gasteiger partial charge in [-0.25, -0.2) is 0 Å². The van der Waals surface area contributed by atoms with Crippen LogP contribution in [0.1, 0.15) is 41.0 Å². The van der Waals surface area contributed by atoms with Gasteiger partial charge in [-0.3, -0.25) is 0 Å². The summed E-state index contributed by atoms with van der Waals surface area (Å²) >= 11 is 14.3.